The Kier molecular flexibility index (Phi) is 2.83. The molecule has 19 heavy (non-hydrogen) atoms. The summed E-state index contributed by atoms with van der Waals surface area (Å²) in [4.78, 5) is 13.4. The number of amides is 1. The molecule has 0 bridgehead atoms. The Labute approximate surface area is 110 Å². The number of anilines is 1. The number of nitrogens with zero attached hydrogens (tertiary/aromatic N) is 2. The molecule has 1 amide bonds. The number of nitrogens with one attached hydrogen (secondary N) is 1. The van der Waals surface area contributed by atoms with Crippen LogP contribution in [0.5, 0.6) is 0 Å². The van der Waals surface area contributed by atoms with Gasteiger partial charge in [0.2, 0.25) is 5.91 Å². The average molecular weight is 257 g/mol. The van der Waals surface area contributed by atoms with Crippen LogP contribution in [0.1, 0.15) is 12.1 Å². The first-order valence-corrected chi connectivity index (χ1v) is 6.25. The van der Waals surface area contributed by atoms with Crippen molar-refractivity contribution in [2.45, 2.75) is 19.4 Å². The van der Waals surface area contributed by atoms with Gasteiger partial charge in [-0.25, -0.2) is 0 Å². The van der Waals surface area contributed by atoms with Gasteiger partial charge in [0.25, 0.3) is 0 Å². The van der Waals surface area contributed by atoms with Gasteiger partial charge in [-0.1, -0.05) is 30.3 Å². The van der Waals surface area contributed by atoms with E-state index in [1.165, 1.54) is 0 Å². The second kappa shape index (κ2) is 4.51. The molecule has 1 aliphatic rings. The fourth-order valence-corrected chi connectivity index (χ4v) is 2.46. The molecule has 0 saturated carbocycles. The van der Waals surface area contributed by atoms with Crippen LogP contribution >= 0.6 is 0 Å². The normalized spacial score (nSPS) is 19.2. The van der Waals surface area contributed by atoms with E-state index in [0.717, 1.165) is 16.8 Å². The second-order valence-electron chi connectivity index (χ2n) is 4.78. The molecule has 2 N–H and O–H groups in total. The van der Waals surface area contributed by atoms with Crippen LogP contribution in [0.2, 0.25) is 0 Å². The Bertz CT molecular complexity index is 606. The number of aromatic nitrogens is 2. The molecular weight excluding hydrogens is 242 g/mol. The number of aliphatic hydroxyl groups excluding tert-OH is 1. The van der Waals surface area contributed by atoms with Crippen molar-refractivity contribution < 1.29 is 9.90 Å². The Balaban J connectivity index is 2.07. The molecule has 1 saturated heterocycles. The first-order chi connectivity index (χ1) is 9.16. The van der Waals surface area contributed by atoms with Gasteiger partial charge in [-0.05, 0) is 12.5 Å². The molecule has 0 radical (unpaired) electrons. The molecule has 0 spiro atoms. The highest BCUT2D eigenvalue weighted by Crippen LogP contribution is 2.33. The summed E-state index contributed by atoms with van der Waals surface area (Å²) in [6, 6.07) is 9.82. The lowest BCUT2D eigenvalue weighted by Gasteiger charge is -2.15. The average Bonchev–Trinajstić information content (AvgIpc) is 2.93. The summed E-state index contributed by atoms with van der Waals surface area (Å²) in [5, 5.41) is 16.7. The van der Waals surface area contributed by atoms with E-state index in [4.69, 9.17) is 0 Å². The van der Waals surface area contributed by atoms with Gasteiger partial charge in [0.05, 0.1) is 19.1 Å². The molecule has 2 aromatic rings. The summed E-state index contributed by atoms with van der Waals surface area (Å²) < 4.78 is 0. The zero-order chi connectivity index (χ0) is 13.4. The fourth-order valence-electron chi connectivity index (χ4n) is 2.46. The zero-order valence-corrected chi connectivity index (χ0v) is 10.6. The molecule has 0 aliphatic carbocycles. The number of aliphatic hydroxyl groups is 1. The van der Waals surface area contributed by atoms with Crippen molar-refractivity contribution >= 4 is 11.7 Å². The third kappa shape index (κ3) is 2.02. The molecule has 1 fully saturated rings. The minimum absolute atomic E-state index is 0.0869. The molecule has 1 atom stereocenters. The van der Waals surface area contributed by atoms with E-state index in [1.54, 1.807) is 4.90 Å². The number of aromatic amines is 1. The maximum atomic E-state index is 11.9. The van der Waals surface area contributed by atoms with Gasteiger partial charge in [-0.3, -0.25) is 14.8 Å². The van der Waals surface area contributed by atoms with Gasteiger partial charge in [-0.2, -0.15) is 5.10 Å². The van der Waals surface area contributed by atoms with Gasteiger partial charge in [0.15, 0.2) is 5.82 Å². The third-order valence-electron chi connectivity index (χ3n) is 3.35. The molecule has 1 aliphatic heterocycles. The Hall–Kier alpha value is -2.14. The predicted molar refractivity (Wildman–Crippen MR) is 71.7 cm³/mol. The first kappa shape index (κ1) is 11.9. The Morgan fingerprint density at radius 1 is 1.37 bits per heavy atom. The minimum atomic E-state index is -0.604. The number of carbonyl (C=O) groups excluding carboxylic acids is 1. The largest absolute Gasteiger partial charge is 0.391 e. The molecule has 5 heteroatoms. The topological polar surface area (TPSA) is 69.2 Å². The van der Waals surface area contributed by atoms with Gasteiger partial charge in [0.1, 0.15) is 0 Å². The summed E-state index contributed by atoms with van der Waals surface area (Å²) in [5.41, 5.74) is 2.84. The first-order valence-electron chi connectivity index (χ1n) is 6.25. The molecule has 3 rings (SSSR count). The van der Waals surface area contributed by atoms with Crippen LogP contribution in [-0.2, 0) is 4.79 Å². The van der Waals surface area contributed by atoms with Crippen molar-refractivity contribution in [2.24, 2.45) is 0 Å². The molecule has 2 heterocycles. The monoisotopic (exact) mass is 257 g/mol. The standard InChI is InChI=1S/C14H15N3O2/c1-9-13(10-5-3-2-4-6-10)14(16-15-9)17-8-11(18)7-12(17)19/h2-6,11,18H,7-8H2,1H3,(H,15,16). The quantitative estimate of drug-likeness (QED) is 0.856. The SMILES string of the molecule is Cc1[nH]nc(N2CC(O)CC2=O)c1-c1ccccc1. The van der Waals surface area contributed by atoms with E-state index in [9.17, 15) is 9.90 Å². The highest BCUT2D eigenvalue weighted by Gasteiger charge is 2.32. The van der Waals surface area contributed by atoms with Crippen LogP contribution in [0, 0.1) is 6.92 Å². The van der Waals surface area contributed by atoms with Crippen molar-refractivity contribution in [3.8, 4) is 11.1 Å². The van der Waals surface area contributed by atoms with Gasteiger partial charge in [-0.15, -0.1) is 0 Å². The van der Waals surface area contributed by atoms with Crippen LogP contribution in [0.25, 0.3) is 11.1 Å². The number of H-pyrrole nitrogens is 1. The predicted octanol–water partition coefficient (Wildman–Crippen LogP) is 1.48. The smallest absolute Gasteiger partial charge is 0.230 e. The zero-order valence-electron chi connectivity index (χ0n) is 10.6. The minimum Gasteiger partial charge on any atom is -0.391 e. The van der Waals surface area contributed by atoms with Crippen molar-refractivity contribution in [2.75, 3.05) is 11.4 Å². The Morgan fingerprint density at radius 2 is 2.11 bits per heavy atom. The van der Waals surface area contributed by atoms with E-state index >= 15 is 0 Å². The van der Waals surface area contributed by atoms with E-state index < -0.39 is 6.10 Å². The number of aryl methyl sites for hydroxylation is 1. The van der Waals surface area contributed by atoms with Crippen LogP contribution < -0.4 is 4.90 Å². The van der Waals surface area contributed by atoms with E-state index in [1.807, 2.05) is 37.3 Å². The molecule has 1 unspecified atom stereocenters. The van der Waals surface area contributed by atoms with E-state index in [-0.39, 0.29) is 12.3 Å². The number of hydrogen-bond acceptors (Lipinski definition) is 3. The highest BCUT2D eigenvalue weighted by molar-refractivity contribution is 5.99. The second-order valence-corrected chi connectivity index (χ2v) is 4.78. The van der Waals surface area contributed by atoms with Crippen LogP contribution in [0.4, 0.5) is 5.82 Å². The number of hydrogen-bond donors (Lipinski definition) is 2. The van der Waals surface area contributed by atoms with E-state index in [2.05, 4.69) is 10.2 Å². The fraction of sp³-hybridized carbons (Fsp3) is 0.286. The maximum Gasteiger partial charge on any atom is 0.230 e. The maximum absolute atomic E-state index is 11.9. The summed E-state index contributed by atoms with van der Waals surface area (Å²) in [5.74, 6) is 0.515. The summed E-state index contributed by atoms with van der Waals surface area (Å²) in [6.45, 7) is 2.23. The van der Waals surface area contributed by atoms with Gasteiger partial charge < -0.3 is 5.11 Å². The van der Waals surface area contributed by atoms with E-state index in [0.29, 0.717) is 12.4 Å². The summed E-state index contributed by atoms with van der Waals surface area (Å²) in [7, 11) is 0. The lowest BCUT2D eigenvalue weighted by Crippen LogP contribution is -2.26. The van der Waals surface area contributed by atoms with Gasteiger partial charge >= 0.3 is 0 Å². The number of β-amino-alcohol motifs (C(OH)–C–C–N with tert-alkyl or cyclic N) is 1. The third-order valence-corrected chi connectivity index (χ3v) is 3.35. The summed E-state index contributed by atoms with van der Waals surface area (Å²) in [6.07, 6.45) is -0.437. The number of carbonyl (C=O) groups is 1. The Morgan fingerprint density at radius 3 is 2.74 bits per heavy atom. The van der Waals surface area contributed by atoms with Crippen molar-refractivity contribution in [3.05, 3.63) is 36.0 Å². The molecular formula is C14H15N3O2. The highest BCUT2D eigenvalue weighted by atomic mass is 16.3. The molecule has 1 aromatic heterocycles. The van der Waals surface area contributed by atoms with Crippen molar-refractivity contribution in [3.63, 3.8) is 0 Å². The molecule has 1 aromatic carbocycles. The number of rotatable bonds is 2. The lowest BCUT2D eigenvalue weighted by molar-refractivity contribution is -0.117. The van der Waals surface area contributed by atoms with Crippen LogP contribution in [0.15, 0.2) is 30.3 Å². The molecule has 5 nitrogen and oxygen atoms in total. The summed E-state index contributed by atoms with van der Waals surface area (Å²) >= 11 is 0. The number of benzene rings is 1. The van der Waals surface area contributed by atoms with Gasteiger partial charge in [0, 0.05) is 11.3 Å². The van der Waals surface area contributed by atoms with Crippen molar-refractivity contribution in [1.82, 2.24) is 10.2 Å². The lowest BCUT2D eigenvalue weighted by atomic mass is 10.1. The van der Waals surface area contributed by atoms with Crippen molar-refractivity contribution in [1.29, 1.82) is 0 Å². The van der Waals surface area contributed by atoms with Crippen LogP contribution in [0.3, 0.4) is 0 Å². The molecule has 98 valence electrons. The van der Waals surface area contributed by atoms with Crippen LogP contribution in [-0.4, -0.2) is 33.9 Å².